The van der Waals surface area contributed by atoms with Crippen LogP contribution in [-0.4, -0.2) is 13.3 Å². The van der Waals surface area contributed by atoms with Crippen LogP contribution in [0.2, 0.25) is 5.02 Å². The molecule has 0 radical (unpaired) electrons. The summed E-state index contributed by atoms with van der Waals surface area (Å²) in [4.78, 5) is 0. The molecule has 0 N–H and O–H groups in total. The maximum atomic E-state index is 11.7. The lowest BCUT2D eigenvalue weighted by molar-refractivity contribution is 0.290. The maximum Gasteiger partial charge on any atom is 0.137 e. The summed E-state index contributed by atoms with van der Waals surface area (Å²) in [5.74, 6) is 0.618. The number of hydrogen-bond acceptors (Lipinski definition) is 1. The number of benzene rings is 1. The first-order valence-electron chi connectivity index (χ1n) is 3.78. The minimum atomic E-state index is -0.357. The molecule has 0 unspecified atom stereocenters. The van der Waals surface area contributed by atoms with Gasteiger partial charge in [0.15, 0.2) is 0 Å². The summed E-state index contributed by atoms with van der Waals surface area (Å²) in [6, 6.07) is 7.16. The molecule has 0 heterocycles. The van der Waals surface area contributed by atoms with E-state index in [0.717, 1.165) is 0 Å². The zero-order valence-electron chi connectivity index (χ0n) is 6.59. The summed E-state index contributed by atoms with van der Waals surface area (Å²) in [6.07, 6.45) is 0.408. The van der Waals surface area contributed by atoms with Gasteiger partial charge in [0, 0.05) is 6.42 Å². The molecule has 1 aromatic rings. The number of para-hydroxylation sites is 1. The number of alkyl halides is 1. The lowest BCUT2D eigenvalue weighted by atomic mass is 10.3. The van der Waals surface area contributed by atoms with Crippen LogP contribution >= 0.6 is 11.6 Å². The Bertz CT molecular complexity index is 240. The first-order valence-corrected chi connectivity index (χ1v) is 4.15. The normalized spacial score (nSPS) is 9.83. The van der Waals surface area contributed by atoms with E-state index in [2.05, 4.69) is 0 Å². The third-order valence-electron chi connectivity index (χ3n) is 1.37. The third-order valence-corrected chi connectivity index (χ3v) is 1.68. The Hall–Kier alpha value is -0.760. The van der Waals surface area contributed by atoms with Gasteiger partial charge in [-0.15, -0.1) is 0 Å². The van der Waals surface area contributed by atoms with Gasteiger partial charge in [0.1, 0.15) is 5.75 Å². The van der Waals surface area contributed by atoms with E-state index in [4.69, 9.17) is 16.3 Å². The van der Waals surface area contributed by atoms with Gasteiger partial charge < -0.3 is 4.74 Å². The zero-order valence-corrected chi connectivity index (χ0v) is 7.35. The van der Waals surface area contributed by atoms with Crippen molar-refractivity contribution in [1.82, 2.24) is 0 Å². The molecule has 1 nitrogen and oxygen atoms in total. The molecule has 0 saturated carbocycles. The summed E-state index contributed by atoms with van der Waals surface area (Å²) in [5, 5.41) is 0.566. The Morgan fingerprint density at radius 1 is 1.33 bits per heavy atom. The fourth-order valence-corrected chi connectivity index (χ4v) is 0.989. The Morgan fingerprint density at radius 3 is 2.75 bits per heavy atom. The molecule has 0 spiro atoms. The average Bonchev–Trinajstić information content (AvgIpc) is 2.09. The van der Waals surface area contributed by atoms with E-state index < -0.39 is 0 Å². The minimum absolute atomic E-state index is 0.357. The molecule has 1 rings (SSSR count). The molecule has 0 amide bonds. The van der Waals surface area contributed by atoms with Crippen LogP contribution in [0, 0.1) is 0 Å². The van der Waals surface area contributed by atoms with E-state index in [-0.39, 0.29) is 6.67 Å². The Kier molecular flexibility index (Phi) is 3.88. The monoisotopic (exact) mass is 188 g/mol. The highest BCUT2D eigenvalue weighted by Gasteiger charge is 1.97. The van der Waals surface area contributed by atoms with E-state index in [0.29, 0.717) is 23.8 Å². The molecule has 0 bridgehead atoms. The van der Waals surface area contributed by atoms with Crippen LogP contribution in [0.25, 0.3) is 0 Å². The molecule has 3 heteroatoms. The van der Waals surface area contributed by atoms with Gasteiger partial charge in [0.05, 0.1) is 18.3 Å². The van der Waals surface area contributed by atoms with Crippen LogP contribution in [0.4, 0.5) is 4.39 Å². The molecular weight excluding hydrogens is 179 g/mol. The van der Waals surface area contributed by atoms with Crippen molar-refractivity contribution in [2.45, 2.75) is 6.42 Å². The van der Waals surface area contributed by atoms with E-state index in [1.54, 1.807) is 12.1 Å². The van der Waals surface area contributed by atoms with E-state index in [1.807, 2.05) is 12.1 Å². The molecule has 0 aromatic heterocycles. The van der Waals surface area contributed by atoms with Crippen LogP contribution in [0.15, 0.2) is 24.3 Å². The molecule has 12 heavy (non-hydrogen) atoms. The van der Waals surface area contributed by atoms with Gasteiger partial charge in [-0.3, -0.25) is 4.39 Å². The van der Waals surface area contributed by atoms with Crippen molar-refractivity contribution in [2.24, 2.45) is 0 Å². The smallest absolute Gasteiger partial charge is 0.137 e. The summed E-state index contributed by atoms with van der Waals surface area (Å²) in [7, 11) is 0. The number of halogens is 2. The predicted octanol–water partition coefficient (Wildman–Crippen LogP) is 3.08. The lowest BCUT2D eigenvalue weighted by Gasteiger charge is -2.05. The SMILES string of the molecule is FCCCOc1ccccc1Cl. The van der Waals surface area contributed by atoms with Crippen molar-refractivity contribution >= 4 is 11.6 Å². The van der Waals surface area contributed by atoms with Gasteiger partial charge in [-0.25, -0.2) is 0 Å². The van der Waals surface area contributed by atoms with Crippen LogP contribution in [-0.2, 0) is 0 Å². The molecule has 0 fully saturated rings. The summed E-state index contributed by atoms with van der Waals surface area (Å²) >= 11 is 5.78. The fraction of sp³-hybridized carbons (Fsp3) is 0.333. The molecule has 1 aromatic carbocycles. The second kappa shape index (κ2) is 4.99. The van der Waals surface area contributed by atoms with Crippen molar-refractivity contribution in [2.75, 3.05) is 13.3 Å². The van der Waals surface area contributed by atoms with E-state index in [1.165, 1.54) is 0 Å². The molecule has 0 saturated heterocycles. The van der Waals surface area contributed by atoms with Crippen LogP contribution in [0.1, 0.15) is 6.42 Å². The van der Waals surface area contributed by atoms with Gasteiger partial charge >= 0.3 is 0 Å². The van der Waals surface area contributed by atoms with Crippen LogP contribution in [0.3, 0.4) is 0 Å². The topological polar surface area (TPSA) is 9.23 Å². The largest absolute Gasteiger partial charge is 0.492 e. The Morgan fingerprint density at radius 2 is 2.08 bits per heavy atom. The summed E-state index contributed by atoms with van der Waals surface area (Å²) in [5.41, 5.74) is 0. The second-order valence-corrected chi connectivity index (χ2v) is 2.73. The van der Waals surface area contributed by atoms with E-state index in [9.17, 15) is 4.39 Å². The second-order valence-electron chi connectivity index (χ2n) is 2.32. The van der Waals surface area contributed by atoms with Crippen molar-refractivity contribution in [3.05, 3.63) is 29.3 Å². The number of hydrogen-bond donors (Lipinski definition) is 0. The zero-order chi connectivity index (χ0) is 8.81. The highest BCUT2D eigenvalue weighted by Crippen LogP contribution is 2.22. The average molecular weight is 189 g/mol. The maximum absolute atomic E-state index is 11.7. The molecule has 0 aliphatic heterocycles. The van der Waals surface area contributed by atoms with Crippen LogP contribution in [0.5, 0.6) is 5.75 Å². The highest BCUT2D eigenvalue weighted by molar-refractivity contribution is 6.32. The Balaban J connectivity index is 2.46. The standard InChI is InChI=1S/C9H10ClFO/c10-8-4-1-2-5-9(8)12-7-3-6-11/h1-2,4-5H,3,6-7H2. The summed E-state index contributed by atoms with van der Waals surface area (Å²) < 4.78 is 16.9. The fourth-order valence-electron chi connectivity index (χ4n) is 0.798. The Labute approximate surface area is 76.1 Å². The summed E-state index contributed by atoms with van der Waals surface area (Å²) in [6.45, 7) is 0.0185. The van der Waals surface area contributed by atoms with Gasteiger partial charge in [0.2, 0.25) is 0 Å². The van der Waals surface area contributed by atoms with Crippen molar-refractivity contribution < 1.29 is 9.13 Å². The molecule has 0 aliphatic rings. The van der Waals surface area contributed by atoms with Crippen molar-refractivity contribution in [3.8, 4) is 5.75 Å². The molecule has 66 valence electrons. The van der Waals surface area contributed by atoms with E-state index >= 15 is 0 Å². The van der Waals surface area contributed by atoms with Crippen molar-refractivity contribution in [1.29, 1.82) is 0 Å². The predicted molar refractivity (Wildman–Crippen MR) is 47.5 cm³/mol. The van der Waals surface area contributed by atoms with Crippen LogP contribution < -0.4 is 4.74 Å². The molecule has 0 aliphatic carbocycles. The van der Waals surface area contributed by atoms with Crippen molar-refractivity contribution in [3.63, 3.8) is 0 Å². The van der Waals surface area contributed by atoms with Gasteiger partial charge in [0.25, 0.3) is 0 Å². The lowest BCUT2D eigenvalue weighted by Crippen LogP contribution is -1.98. The highest BCUT2D eigenvalue weighted by atomic mass is 35.5. The molecule has 0 atom stereocenters. The quantitative estimate of drug-likeness (QED) is 0.660. The minimum Gasteiger partial charge on any atom is -0.492 e. The number of ether oxygens (including phenoxy) is 1. The van der Waals surface area contributed by atoms with Gasteiger partial charge in [-0.05, 0) is 12.1 Å². The van der Waals surface area contributed by atoms with Gasteiger partial charge in [-0.2, -0.15) is 0 Å². The first-order chi connectivity index (χ1) is 5.84. The molecular formula is C9H10ClFO. The third kappa shape index (κ3) is 2.70. The number of rotatable bonds is 4. The first kappa shape index (κ1) is 9.33. The van der Waals surface area contributed by atoms with Gasteiger partial charge in [-0.1, -0.05) is 23.7 Å².